The van der Waals surface area contributed by atoms with E-state index in [9.17, 15) is 4.79 Å². The van der Waals surface area contributed by atoms with Crippen molar-refractivity contribution in [3.63, 3.8) is 0 Å². The van der Waals surface area contributed by atoms with E-state index in [2.05, 4.69) is 9.74 Å². The highest BCUT2D eigenvalue weighted by Crippen LogP contribution is 2.17. The molecule has 1 fully saturated rings. The zero-order chi connectivity index (χ0) is 11.8. The number of hydrogen-bond donors (Lipinski definition) is 0. The fourth-order valence-corrected chi connectivity index (χ4v) is 2.08. The molecular formula is C12H20N2O2. The molecule has 90 valence electrons. The molecule has 0 aromatic carbocycles. The lowest BCUT2D eigenvalue weighted by molar-refractivity contribution is -0.149. The molecule has 0 saturated carbocycles. The second kappa shape index (κ2) is 7.24. The molecular weight excluding hydrogens is 204 g/mol. The minimum Gasteiger partial charge on any atom is -0.466 e. The van der Waals surface area contributed by atoms with Crippen molar-refractivity contribution >= 4 is 5.97 Å². The monoisotopic (exact) mass is 224 g/mol. The summed E-state index contributed by atoms with van der Waals surface area (Å²) in [5.74, 6) is -0.0148. The van der Waals surface area contributed by atoms with Crippen molar-refractivity contribution in [1.29, 1.82) is 0 Å². The molecule has 1 saturated heterocycles. The third-order valence-corrected chi connectivity index (χ3v) is 2.87. The molecule has 4 heteroatoms. The fourth-order valence-electron chi connectivity index (χ4n) is 2.08. The number of nitrogens with zero attached hydrogens (tertiary/aromatic N) is 2. The van der Waals surface area contributed by atoms with Gasteiger partial charge < -0.3 is 14.5 Å². The summed E-state index contributed by atoms with van der Waals surface area (Å²) in [5, 5.41) is 0. The molecule has 1 heterocycles. The van der Waals surface area contributed by atoms with Gasteiger partial charge in [-0.05, 0) is 26.3 Å². The smallest absolute Gasteiger partial charge is 0.310 e. The summed E-state index contributed by atoms with van der Waals surface area (Å²) in [4.78, 5) is 17.2. The molecule has 0 spiro atoms. The molecule has 0 amide bonds. The number of hydrogen-bond acceptors (Lipinski definition) is 3. The molecule has 1 aliphatic heterocycles. The van der Waals surface area contributed by atoms with Crippen LogP contribution < -0.4 is 0 Å². The quantitative estimate of drug-likeness (QED) is 0.404. The first-order valence-electron chi connectivity index (χ1n) is 6.00. The third-order valence-electron chi connectivity index (χ3n) is 2.87. The average molecular weight is 224 g/mol. The largest absolute Gasteiger partial charge is 0.466 e. The van der Waals surface area contributed by atoms with Crippen LogP contribution in [0.2, 0.25) is 0 Å². The van der Waals surface area contributed by atoms with Crippen molar-refractivity contribution in [2.75, 3.05) is 32.8 Å². The Kier molecular flexibility index (Phi) is 5.87. The first kappa shape index (κ1) is 13.0. The minimum atomic E-state index is -0.0580. The average Bonchev–Trinajstić information content (AvgIpc) is 2.30. The molecule has 0 radical (unpaired) electrons. The maximum Gasteiger partial charge on any atom is 0.310 e. The molecule has 0 N–H and O–H groups in total. The minimum absolute atomic E-state index is 0.0432. The molecule has 1 aliphatic rings. The van der Waals surface area contributed by atoms with Crippen LogP contribution in [0.5, 0.6) is 0 Å². The molecule has 1 atom stereocenters. The Morgan fingerprint density at radius 1 is 1.62 bits per heavy atom. The van der Waals surface area contributed by atoms with Crippen LogP contribution in [0.15, 0.2) is 0 Å². The summed E-state index contributed by atoms with van der Waals surface area (Å²) in [6, 6.07) is 0. The molecule has 0 aliphatic carbocycles. The number of carbonyl (C=O) groups is 1. The second-order valence-electron chi connectivity index (χ2n) is 4.13. The van der Waals surface area contributed by atoms with Gasteiger partial charge in [0, 0.05) is 19.5 Å². The summed E-state index contributed by atoms with van der Waals surface area (Å²) in [7, 11) is 0. The van der Waals surface area contributed by atoms with E-state index in [1.54, 1.807) is 0 Å². The van der Waals surface area contributed by atoms with E-state index in [0.717, 1.165) is 38.9 Å². The highest BCUT2D eigenvalue weighted by atomic mass is 16.5. The van der Waals surface area contributed by atoms with E-state index in [1.807, 2.05) is 6.92 Å². The van der Waals surface area contributed by atoms with Gasteiger partial charge in [-0.15, -0.1) is 0 Å². The Hall–Kier alpha value is -1.08. The Bertz CT molecular complexity index is 260. The van der Waals surface area contributed by atoms with Crippen LogP contribution in [0.25, 0.3) is 4.85 Å². The van der Waals surface area contributed by atoms with Gasteiger partial charge >= 0.3 is 5.97 Å². The molecule has 1 unspecified atom stereocenters. The van der Waals surface area contributed by atoms with E-state index in [-0.39, 0.29) is 11.9 Å². The van der Waals surface area contributed by atoms with Crippen LogP contribution in [0.4, 0.5) is 0 Å². The molecule has 0 aromatic rings. The van der Waals surface area contributed by atoms with Crippen molar-refractivity contribution in [1.82, 2.24) is 4.90 Å². The van der Waals surface area contributed by atoms with Gasteiger partial charge in [-0.25, -0.2) is 6.57 Å². The maximum absolute atomic E-state index is 11.6. The lowest BCUT2D eigenvalue weighted by Gasteiger charge is -2.30. The van der Waals surface area contributed by atoms with Crippen LogP contribution in [-0.2, 0) is 9.53 Å². The van der Waals surface area contributed by atoms with Crippen LogP contribution in [0, 0.1) is 12.5 Å². The number of piperidine rings is 1. The Balaban J connectivity index is 2.29. The van der Waals surface area contributed by atoms with Gasteiger partial charge in [0.05, 0.1) is 12.5 Å². The van der Waals surface area contributed by atoms with Gasteiger partial charge in [0.15, 0.2) is 0 Å². The molecule has 1 rings (SSSR count). The summed E-state index contributed by atoms with van der Waals surface area (Å²) < 4.78 is 5.04. The SMILES string of the molecule is [C-]#[N+]CCCN1CCCC(C(=O)OCC)C1. The van der Waals surface area contributed by atoms with E-state index >= 15 is 0 Å². The van der Waals surface area contributed by atoms with Crippen LogP contribution in [0.3, 0.4) is 0 Å². The topological polar surface area (TPSA) is 33.9 Å². The molecule has 16 heavy (non-hydrogen) atoms. The predicted molar refractivity (Wildman–Crippen MR) is 61.9 cm³/mol. The van der Waals surface area contributed by atoms with Crippen LogP contribution in [-0.4, -0.2) is 43.7 Å². The lowest BCUT2D eigenvalue weighted by Crippen LogP contribution is -2.39. The first-order valence-corrected chi connectivity index (χ1v) is 6.00. The van der Waals surface area contributed by atoms with Gasteiger partial charge in [0.1, 0.15) is 0 Å². The summed E-state index contributed by atoms with van der Waals surface area (Å²) in [5.41, 5.74) is 0. The third kappa shape index (κ3) is 4.19. The number of esters is 1. The summed E-state index contributed by atoms with van der Waals surface area (Å²) >= 11 is 0. The Labute approximate surface area is 97.4 Å². The van der Waals surface area contributed by atoms with Gasteiger partial charge in [-0.2, -0.15) is 0 Å². The first-order chi connectivity index (χ1) is 7.77. The maximum atomic E-state index is 11.6. The van der Waals surface area contributed by atoms with E-state index < -0.39 is 0 Å². The standard InChI is InChI=1S/C12H20N2O2/c1-3-16-12(15)11-6-4-8-14(10-11)9-5-7-13-2/h11H,3-10H2,1H3. The van der Waals surface area contributed by atoms with E-state index in [4.69, 9.17) is 11.3 Å². The van der Waals surface area contributed by atoms with Crippen molar-refractivity contribution in [2.45, 2.75) is 26.2 Å². The van der Waals surface area contributed by atoms with Gasteiger partial charge in [0.2, 0.25) is 6.54 Å². The van der Waals surface area contributed by atoms with Gasteiger partial charge in [0.25, 0.3) is 0 Å². The number of carbonyl (C=O) groups excluding carboxylic acids is 1. The van der Waals surface area contributed by atoms with Gasteiger partial charge in [-0.3, -0.25) is 4.79 Å². The van der Waals surface area contributed by atoms with E-state index in [0.29, 0.717) is 13.2 Å². The van der Waals surface area contributed by atoms with Crippen LogP contribution >= 0.6 is 0 Å². The van der Waals surface area contributed by atoms with Crippen molar-refractivity contribution in [2.24, 2.45) is 5.92 Å². The number of likely N-dealkylation sites (tertiary alicyclic amines) is 1. The zero-order valence-corrected chi connectivity index (χ0v) is 9.95. The lowest BCUT2D eigenvalue weighted by atomic mass is 9.98. The highest BCUT2D eigenvalue weighted by molar-refractivity contribution is 5.72. The molecule has 4 nitrogen and oxygen atoms in total. The molecule has 0 aromatic heterocycles. The zero-order valence-electron chi connectivity index (χ0n) is 9.95. The Morgan fingerprint density at radius 3 is 3.12 bits per heavy atom. The Morgan fingerprint density at radius 2 is 2.44 bits per heavy atom. The van der Waals surface area contributed by atoms with Crippen molar-refractivity contribution in [3.05, 3.63) is 11.4 Å². The highest BCUT2D eigenvalue weighted by Gasteiger charge is 2.26. The molecule has 0 bridgehead atoms. The number of rotatable bonds is 5. The second-order valence-corrected chi connectivity index (χ2v) is 4.13. The van der Waals surface area contributed by atoms with Crippen molar-refractivity contribution in [3.8, 4) is 0 Å². The summed E-state index contributed by atoms with van der Waals surface area (Å²) in [6.45, 7) is 12.4. The van der Waals surface area contributed by atoms with Crippen molar-refractivity contribution < 1.29 is 9.53 Å². The van der Waals surface area contributed by atoms with E-state index in [1.165, 1.54) is 0 Å². The normalized spacial score (nSPS) is 21.4. The van der Waals surface area contributed by atoms with Crippen LogP contribution in [0.1, 0.15) is 26.2 Å². The number of ether oxygens (including phenoxy) is 1. The van der Waals surface area contributed by atoms with Gasteiger partial charge in [-0.1, -0.05) is 0 Å². The summed E-state index contributed by atoms with van der Waals surface area (Å²) in [6.07, 6.45) is 2.90. The fraction of sp³-hybridized carbons (Fsp3) is 0.833. The predicted octanol–water partition coefficient (Wildman–Crippen LogP) is 1.57.